The number of nitrogens with one attached hydrogen (secondary N) is 1. The summed E-state index contributed by atoms with van der Waals surface area (Å²) in [5, 5.41) is 2.45. The van der Waals surface area contributed by atoms with Crippen molar-refractivity contribution in [3.63, 3.8) is 0 Å². The van der Waals surface area contributed by atoms with Gasteiger partial charge in [0, 0.05) is 18.2 Å². The van der Waals surface area contributed by atoms with Gasteiger partial charge in [-0.05, 0) is 53.9 Å². The quantitative estimate of drug-likeness (QED) is 0.400. The summed E-state index contributed by atoms with van der Waals surface area (Å²) in [5.41, 5.74) is 2.95. The van der Waals surface area contributed by atoms with E-state index in [0.717, 1.165) is 23.3 Å². The number of ether oxygens (including phenoxy) is 1. The van der Waals surface area contributed by atoms with Gasteiger partial charge in [-0.2, -0.15) is 0 Å². The third kappa shape index (κ3) is 5.09. The molecule has 0 saturated heterocycles. The molecule has 154 valence electrons. The highest BCUT2D eigenvalue weighted by Gasteiger charge is 2.30. The van der Waals surface area contributed by atoms with Gasteiger partial charge in [0.2, 0.25) is 0 Å². The van der Waals surface area contributed by atoms with Gasteiger partial charge in [0.25, 0.3) is 0 Å². The first-order chi connectivity index (χ1) is 14.2. The normalized spacial score (nSPS) is 10.9. The summed E-state index contributed by atoms with van der Waals surface area (Å²) in [6.45, 7) is 1.82. The molecule has 3 rings (SSSR count). The molecule has 3 aromatic rings. The molecule has 0 radical (unpaired) electrons. The van der Waals surface area contributed by atoms with E-state index >= 15 is 0 Å². The molecule has 0 aliphatic carbocycles. The highest BCUT2D eigenvalue weighted by Crippen LogP contribution is 2.27. The second kappa shape index (κ2) is 8.46. The van der Waals surface area contributed by atoms with Crippen LogP contribution in [0, 0.1) is 30.4 Å². The van der Waals surface area contributed by atoms with E-state index in [1.54, 1.807) is 12.1 Å². The lowest BCUT2D eigenvalue weighted by atomic mass is 10.00. The van der Waals surface area contributed by atoms with E-state index in [4.69, 9.17) is 0 Å². The number of hydrogen-bond acceptors (Lipinski definition) is 2. The molecule has 0 atom stereocenters. The summed E-state index contributed by atoms with van der Waals surface area (Å²) in [7, 11) is 1.43. The van der Waals surface area contributed by atoms with Crippen molar-refractivity contribution >= 4 is 5.69 Å². The number of anilines is 1. The van der Waals surface area contributed by atoms with Crippen LogP contribution in [0.2, 0.25) is 0 Å². The number of alkyl halides is 3. The topological polar surface area (TPSA) is 21.3 Å². The van der Waals surface area contributed by atoms with E-state index in [-0.39, 0.29) is 17.0 Å². The Morgan fingerprint density at radius 2 is 1.43 bits per heavy atom. The molecular weight excluding hydrogens is 401 g/mol. The Morgan fingerprint density at radius 3 is 1.97 bits per heavy atom. The van der Waals surface area contributed by atoms with E-state index in [9.17, 15) is 22.0 Å². The third-order valence-electron chi connectivity index (χ3n) is 4.28. The second-order valence-electron chi connectivity index (χ2n) is 6.42. The van der Waals surface area contributed by atoms with Crippen LogP contribution in [0.1, 0.15) is 16.7 Å². The van der Waals surface area contributed by atoms with Crippen LogP contribution in [0.4, 0.5) is 27.6 Å². The summed E-state index contributed by atoms with van der Waals surface area (Å²) in [5.74, 6) is 3.87. The number of hydrogen-bond donors (Lipinski definition) is 1. The first-order valence-corrected chi connectivity index (χ1v) is 8.82. The van der Waals surface area contributed by atoms with Gasteiger partial charge in [-0.3, -0.25) is 0 Å². The zero-order chi connectivity index (χ0) is 21.9. The molecule has 0 fully saturated rings. The predicted octanol–water partition coefficient (Wildman–Crippen LogP) is 6.28. The van der Waals surface area contributed by atoms with Crippen LogP contribution in [0.25, 0.3) is 11.1 Å². The van der Waals surface area contributed by atoms with Gasteiger partial charge in [-0.1, -0.05) is 36.1 Å². The molecule has 1 N–H and O–H groups in total. The summed E-state index contributed by atoms with van der Waals surface area (Å²) in [6, 6.07) is 13.2. The molecule has 0 spiro atoms. The Labute approximate surface area is 170 Å². The zero-order valence-electron chi connectivity index (χ0n) is 16.0. The van der Waals surface area contributed by atoms with Crippen molar-refractivity contribution in [2.75, 3.05) is 12.4 Å². The van der Waals surface area contributed by atoms with Gasteiger partial charge < -0.3 is 10.1 Å². The minimum Gasteiger partial charge on any atom is -0.406 e. The minimum absolute atomic E-state index is 0.202. The monoisotopic (exact) mass is 417 g/mol. The number of halogens is 5. The Kier molecular flexibility index (Phi) is 5.97. The fourth-order valence-electron chi connectivity index (χ4n) is 2.86. The molecule has 0 amide bonds. The van der Waals surface area contributed by atoms with Crippen LogP contribution in [-0.2, 0) is 0 Å². The Hall–Kier alpha value is -3.53. The maximum Gasteiger partial charge on any atom is 0.573 e. The fraction of sp³-hybridized carbons (Fsp3) is 0.130. The minimum atomic E-state index is -4.74. The average molecular weight is 417 g/mol. The van der Waals surface area contributed by atoms with Crippen molar-refractivity contribution in [2.45, 2.75) is 13.3 Å². The molecule has 0 heterocycles. The van der Waals surface area contributed by atoms with Crippen LogP contribution in [0.15, 0.2) is 54.6 Å². The van der Waals surface area contributed by atoms with Gasteiger partial charge in [0.1, 0.15) is 11.4 Å². The third-order valence-corrected chi connectivity index (χ3v) is 4.28. The molecular formula is C23H16F5NO. The summed E-state index contributed by atoms with van der Waals surface area (Å²) >= 11 is 0. The highest BCUT2D eigenvalue weighted by molar-refractivity contribution is 5.67. The van der Waals surface area contributed by atoms with Crippen LogP contribution in [0.3, 0.4) is 0 Å². The van der Waals surface area contributed by atoms with Gasteiger partial charge in [0.05, 0.1) is 0 Å². The molecule has 0 aliphatic rings. The zero-order valence-corrected chi connectivity index (χ0v) is 16.0. The molecule has 3 aromatic carbocycles. The molecule has 0 aliphatic heterocycles. The van der Waals surface area contributed by atoms with Crippen molar-refractivity contribution in [1.82, 2.24) is 0 Å². The average Bonchev–Trinajstić information content (AvgIpc) is 2.66. The first kappa shape index (κ1) is 21.2. The standard InChI is InChI=1S/C23H16F5NO/c1-14-11-18(17-7-9-19(10-8-17)30-23(26,27)28)6-5-16(14)4-3-15-12-20(24)22(29-2)21(25)13-15/h5-13,29H,1-2H3. The predicted molar refractivity (Wildman–Crippen MR) is 105 cm³/mol. The SMILES string of the molecule is CNc1c(F)cc(C#Cc2ccc(-c3ccc(OC(F)(F)F)cc3)cc2C)cc1F. The first-order valence-electron chi connectivity index (χ1n) is 8.82. The molecule has 0 aromatic heterocycles. The van der Waals surface area contributed by atoms with E-state index in [1.807, 2.05) is 13.0 Å². The lowest BCUT2D eigenvalue weighted by Gasteiger charge is -2.10. The summed E-state index contributed by atoms with van der Waals surface area (Å²) in [6.07, 6.45) is -4.74. The van der Waals surface area contributed by atoms with Gasteiger partial charge in [0.15, 0.2) is 11.6 Å². The lowest BCUT2D eigenvalue weighted by Crippen LogP contribution is -2.16. The van der Waals surface area contributed by atoms with Gasteiger partial charge >= 0.3 is 6.36 Å². The Bertz CT molecular complexity index is 1100. The maximum absolute atomic E-state index is 13.8. The number of benzene rings is 3. The van der Waals surface area contributed by atoms with Crippen molar-refractivity contribution < 1.29 is 26.7 Å². The fourth-order valence-corrected chi connectivity index (χ4v) is 2.86. The molecule has 30 heavy (non-hydrogen) atoms. The number of aryl methyl sites for hydroxylation is 1. The van der Waals surface area contributed by atoms with Crippen LogP contribution < -0.4 is 10.1 Å². The Morgan fingerprint density at radius 1 is 0.833 bits per heavy atom. The summed E-state index contributed by atoms with van der Waals surface area (Å²) < 4.78 is 68.3. The smallest absolute Gasteiger partial charge is 0.406 e. The van der Waals surface area contributed by atoms with Gasteiger partial charge in [-0.25, -0.2) is 8.78 Å². The van der Waals surface area contributed by atoms with E-state index in [2.05, 4.69) is 21.9 Å². The van der Waals surface area contributed by atoms with Gasteiger partial charge in [-0.15, -0.1) is 13.2 Å². The highest BCUT2D eigenvalue weighted by atomic mass is 19.4. The largest absolute Gasteiger partial charge is 0.573 e. The lowest BCUT2D eigenvalue weighted by molar-refractivity contribution is -0.274. The van der Waals surface area contributed by atoms with Crippen LogP contribution >= 0.6 is 0 Å². The van der Waals surface area contributed by atoms with Crippen molar-refractivity contribution in [3.05, 3.63) is 82.9 Å². The molecule has 0 unspecified atom stereocenters. The molecule has 0 bridgehead atoms. The van der Waals surface area contributed by atoms with E-state index < -0.39 is 18.0 Å². The van der Waals surface area contributed by atoms with Crippen LogP contribution in [0.5, 0.6) is 5.75 Å². The van der Waals surface area contributed by atoms with Crippen molar-refractivity contribution in [3.8, 4) is 28.7 Å². The Balaban J connectivity index is 1.82. The van der Waals surface area contributed by atoms with Crippen LogP contribution in [-0.4, -0.2) is 13.4 Å². The maximum atomic E-state index is 13.8. The van der Waals surface area contributed by atoms with E-state index in [1.165, 1.54) is 31.3 Å². The van der Waals surface area contributed by atoms with E-state index in [0.29, 0.717) is 11.1 Å². The second-order valence-corrected chi connectivity index (χ2v) is 6.42. The molecule has 2 nitrogen and oxygen atoms in total. The number of rotatable bonds is 3. The summed E-state index contributed by atoms with van der Waals surface area (Å²) in [4.78, 5) is 0. The molecule has 7 heteroatoms. The molecule has 0 saturated carbocycles. The van der Waals surface area contributed by atoms with Crippen molar-refractivity contribution in [1.29, 1.82) is 0 Å². The van der Waals surface area contributed by atoms with Crippen molar-refractivity contribution in [2.24, 2.45) is 0 Å².